The van der Waals surface area contributed by atoms with Gasteiger partial charge >= 0.3 is 0 Å². The molecule has 0 aromatic heterocycles. The smallest absolute Gasteiger partial charge is 0.161 e. The van der Waals surface area contributed by atoms with Crippen LogP contribution in [0, 0.1) is 18.6 Å². The average Bonchev–Trinajstić information content (AvgIpc) is 2.32. The van der Waals surface area contributed by atoms with Gasteiger partial charge in [0.2, 0.25) is 0 Å². The second-order valence-corrected chi connectivity index (χ2v) is 4.30. The summed E-state index contributed by atoms with van der Waals surface area (Å²) in [5.41, 5.74) is 7.56. The number of rotatable bonds is 2. The summed E-state index contributed by atoms with van der Waals surface area (Å²) in [6.45, 7) is 1.82. The minimum absolute atomic E-state index is 0.133. The lowest BCUT2D eigenvalue weighted by molar-refractivity contribution is 0.509. The van der Waals surface area contributed by atoms with E-state index in [9.17, 15) is 8.78 Å². The third-order valence-corrected chi connectivity index (χ3v) is 3.04. The molecule has 0 heterocycles. The van der Waals surface area contributed by atoms with E-state index in [4.69, 9.17) is 17.3 Å². The highest BCUT2D eigenvalue weighted by Crippen LogP contribution is 2.29. The highest BCUT2D eigenvalue weighted by molar-refractivity contribution is 6.31. The minimum Gasteiger partial charge on any atom is -0.397 e. The van der Waals surface area contributed by atoms with Crippen LogP contribution in [0.25, 0.3) is 0 Å². The summed E-state index contributed by atoms with van der Waals surface area (Å²) in [4.78, 5) is 0. The standard InChI is InChI=1S/C13H11ClF2N2/c1-7-8(14)3-2-4-12(7)18-13-6-10(16)9(15)5-11(13)17/h2-6,18H,17H2,1H3. The molecule has 0 unspecified atom stereocenters. The zero-order valence-corrected chi connectivity index (χ0v) is 10.4. The molecule has 0 bridgehead atoms. The molecular weight excluding hydrogens is 258 g/mol. The zero-order chi connectivity index (χ0) is 13.3. The Morgan fingerprint density at radius 1 is 1.11 bits per heavy atom. The Morgan fingerprint density at radius 3 is 2.50 bits per heavy atom. The molecule has 2 aromatic rings. The van der Waals surface area contributed by atoms with Crippen molar-refractivity contribution in [2.75, 3.05) is 11.1 Å². The van der Waals surface area contributed by atoms with Crippen LogP contribution in [-0.4, -0.2) is 0 Å². The molecule has 18 heavy (non-hydrogen) atoms. The Bertz CT molecular complexity index is 600. The van der Waals surface area contributed by atoms with E-state index in [0.717, 1.165) is 17.7 Å². The van der Waals surface area contributed by atoms with Crippen molar-refractivity contribution in [3.8, 4) is 0 Å². The van der Waals surface area contributed by atoms with Crippen molar-refractivity contribution < 1.29 is 8.78 Å². The van der Waals surface area contributed by atoms with Gasteiger partial charge in [-0.2, -0.15) is 0 Å². The number of hydrogen-bond acceptors (Lipinski definition) is 2. The van der Waals surface area contributed by atoms with Gasteiger partial charge in [0.25, 0.3) is 0 Å². The van der Waals surface area contributed by atoms with E-state index in [2.05, 4.69) is 5.32 Å². The predicted octanol–water partition coefficient (Wildman–Crippen LogP) is 4.25. The molecule has 0 atom stereocenters. The van der Waals surface area contributed by atoms with E-state index in [1.807, 2.05) is 6.92 Å². The first-order valence-electron chi connectivity index (χ1n) is 5.25. The molecule has 94 valence electrons. The van der Waals surface area contributed by atoms with Crippen LogP contribution in [0.5, 0.6) is 0 Å². The molecule has 0 aliphatic heterocycles. The minimum atomic E-state index is -0.971. The fourth-order valence-electron chi connectivity index (χ4n) is 1.56. The molecule has 0 saturated heterocycles. The van der Waals surface area contributed by atoms with E-state index in [1.165, 1.54) is 0 Å². The first-order chi connectivity index (χ1) is 8.49. The van der Waals surface area contributed by atoms with Crippen LogP contribution in [0.4, 0.5) is 25.8 Å². The van der Waals surface area contributed by atoms with Crippen LogP contribution in [0.15, 0.2) is 30.3 Å². The van der Waals surface area contributed by atoms with E-state index in [0.29, 0.717) is 16.4 Å². The maximum absolute atomic E-state index is 13.1. The summed E-state index contributed by atoms with van der Waals surface area (Å²) in [6.07, 6.45) is 0. The lowest BCUT2D eigenvalue weighted by Gasteiger charge is -2.13. The van der Waals surface area contributed by atoms with Gasteiger partial charge in [-0.05, 0) is 24.6 Å². The van der Waals surface area contributed by atoms with Gasteiger partial charge in [0.05, 0.1) is 11.4 Å². The van der Waals surface area contributed by atoms with Gasteiger partial charge < -0.3 is 11.1 Å². The van der Waals surface area contributed by atoms with Gasteiger partial charge in [0, 0.05) is 22.8 Å². The monoisotopic (exact) mass is 268 g/mol. The lowest BCUT2D eigenvalue weighted by atomic mass is 10.2. The Balaban J connectivity index is 2.40. The molecule has 0 saturated carbocycles. The lowest BCUT2D eigenvalue weighted by Crippen LogP contribution is -2.00. The van der Waals surface area contributed by atoms with E-state index < -0.39 is 11.6 Å². The van der Waals surface area contributed by atoms with Crippen molar-refractivity contribution >= 4 is 28.7 Å². The van der Waals surface area contributed by atoms with Gasteiger partial charge in [-0.15, -0.1) is 0 Å². The molecule has 0 amide bonds. The van der Waals surface area contributed by atoms with Gasteiger partial charge in [-0.25, -0.2) is 8.78 Å². The summed E-state index contributed by atoms with van der Waals surface area (Å²) < 4.78 is 26.1. The fraction of sp³-hybridized carbons (Fsp3) is 0.0769. The van der Waals surface area contributed by atoms with Crippen molar-refractivity contribution in [3.05, 3.63) is 52.6 Å². The SMILES string of the molecule is Cc1c(Cl)cccc1Nc1cc(F)c(F)cc1N. The van der Waals surface area contributed by atoms with E-state index >= 15 is 0 Å². The summed E-state index contributed by atoms with van der Waals surface area (Å²) in [5.74, 6) is -1.92. The number of anilines is 3. The number of hydrogen-bond donors (Lipinski definition) is 2. The van der Waals surface area contributed by atoms with E-state index in [1.54, 1.807) is 18.2 Å². The highest BCUT2D eigenvalue weighted by Gasteiger charge is 2.09. The second kappa shape index (κ2) is 4.82. The first-order valence-corrected chi connectivity index (χ1v) is 5.63. The molecule has 2 rings (SSSR count). The Hall–Kier alpha value is -1.81. The number of nitrogen functional groups attached to an aromatic ring is 1. The maximum Gasteiger partial charge on any atom is 0.161 e. The number of benzene rings is 2. The molecule has 0 radical (unpaired) electrons. The second-order valence-electron chi connectivity index (χ2n) is 3.89. The van der Waals surface area contributed by atoms with Gasteiger partial charge in [-0.3, -0.25) is 0 Å². The third-order valence-electron chi connectivity index (χ3n) is 2.63. The summed E-state index contributed by atoms with van der Waals surface area (Å²) >= 11 is 5.97. The highest BCUT2D eigenvalue weighted by atomic mass is 35.5. The molecule has 0 aliphatic carbocycles. The Labute approximate surface area is 108 Å². The first kappa shape index (κ1) is 12.6. The molecule has 0 spiro atoms. The van der Waals surface area contributed by atoms with Crippen LogP contribution >= 0.6 is 11.6 Å². The van der Waals surface area contributed by atoms with Crippen LogP contribution in [0.1, 0.15) is 5.56 Å². The molecule has 2 nitrogen and oxygen atoms in total. The fourth-order valence-corrected chi connectivity index (χ4v) is 1.73. The molecule has 2 aromatic carbocycles. The van der Waals surface area contributed by atoms with Crippen LogP contribution < -0.4 is 11.1 Å². The van der Waals surface area contributed by atoms with Crippen LogP contribution in [-0.2, 0) is 0 Å². The summed E-state index contributed by atoms with van der Waals surface area (Å²) in [7, 11) is 0. The van der Waals surface area contributed by atoms with Gasteiger partial charge in [-0.1, -0.05) is 17.7 Å². The van der Waals surface area contributed by atoms with Crippen molar-refractivity contribution in [2.24, 2.45) is 0 Å². The van der Waals surface area contributed by atoms with Crippen LogP contribution in [0.2, 0.25) is 5.02 Å². The molecular formula is C13H11ClF2N2. The van der Waals surface area contributed by atoms with Gasteiger partial charge in [0.1, 0.15) is 0 Å². The third kappa shape index (κ3) is 2.38. The van der Waals surface area contributed by atoms with Crippen molar-refractivity contribution in [1.29, 1.82) is 0 Å². The molecule has 3 N–H and O–H groups in total. The van der Waals surface area contributed by atoms with Gasteiger partial charge in [0.15, 0.2) is 11.6 Å². The summed E-state index contributed by atoms with van der Waals surface area (Å²) in [5, 5.41) is 3.52. The average molecular weight is 269 g/mol. The predicted molar refractivity (Wildman–Crippen MR) is 70.2 cm³/mol. The number of nitrogens with two attached hydrogens (primary N) is 1. The maximum atomic E-state index is 13.1. The van der Waals surface area contributed by atoms with Crippen molar-refractivity contribution in [2.45, 2.75) is 6.92 Å². The zero-order valence-electron chi connectivity index (χ0n) is 9.60. The number of nitrogens with one attached hydrogen (secondary N) is 1. The molecule has 5 heteroatoms. The quantitative estimate of drug-likeness (QED) is 0.799. The topological polar surface area (TPSA) is 38.0 Å². The van der Waals surface area contributed by atoms with Crippen LogP contribution in [0.3, 0.4) is 0 Å². The number of halogens is 3. The Kier molecular flexibility index (Phi) is 3.39. The van der Waals surface area contributed by atoms with Crippen molar-refractivity contribution in [1.82, 2.24) is 0 Å². The summed E-state index contributed by atoms with van der Waals surface area (Å²) in [6, 6.07) is 7.24. The van der Waals surface area contributed by atoms with Crippen molar-refractivity contribution in [3.63, 3.8) is 0 Å². The molecule has 0 aliphatic rings. The van der Waals surface area contributed by atoms with E-state index in [-0.39, 0.29) is 5.69 Å². The normalized spacial score (nSPS) is 10.4. The Morgan fingerprint density at radius 2 is 1.78 bits per heavy atom. The molecule has 0 fully saturated rings. The largest absolute Gasteiger partial charge is 0.397 e.